The molecule has 3 N–H and O–H groups in total. The lowest BCUT2D eigenvalue weighted by Crippen LogP contribution is -2.41. The molecule has 56 heavy (non-hydrogen) atoms. The first kappa shape index (κ1) is 39.2. The fourth-order valence-electron chi connectivity index (χ4n) is 7.90. The highest BCUT2D eigenvalue weighted by molar-refractivity contribution is 6.07. The Morgan fingerprint density at radius 2 is 1.79 bits per heavy atom. The summed E-state index contributed by atoms with van der Waals surface area (Å²) in [5.41, 5.74) is 1.79. The zero-order chi connectivity index (χ0) is 38.1. The molecule has 2 aromatic heterocycles. The molecule has 2 saturated heterocycles. The maximum Gasteiger partial charge on any atom is 0.256 e. The molecular formula is C42H52FN7O6. The van der Waals surface area contributed by atoms with Crippen molar-refractivity contribution in [2.24, 2.45) is 0 Å². The second-order valence-electron chi connectivity index (χ2n) is 14.9. The molecule has 3 aromatic carbocycles. The Morgan fingerprint density at radius 3 is 2.61 bits per heavy atom. The number of ether oxygens (including phenoxy) is 2. The lowest BCUT2D eigenvalue weighted by atomic mass is 10.0. The van der Waals surface area contributed by atoms with Crippen molar-refractivity contribution in [3.63, 3.8) is 0 Å². The summed E-state index contributed by atoms with van der Waals surface area (Å²) < 4.78 is 36.5. The number of unbranched alkanes of at least 4 members (excludes halogenated alkanes) is 1. The predicted molar refractivity (Wildman–Crippen MR) is 217 cm³/mol. The molecule has 0 spiro atoms. The molecule has 0 aliphatic carbocycles. The number of anilines is 1. The number of furan rings is 1. The Hall–Kier alpha value is -5.02. The molecular weight excluding hydrogens is 718 g/mol. The molecule has 3 aliphatic heterocycles. The normalized spacial score (nSPS) is 16.6. The Kier molecular flexibility index (Phi) is 11.9. The van der Waals surface area contributed by atoms with Gasteiger partial charge in [0.25, 0.3) is 5.91 Å². The van der Waals surface area contributed by atoms with Crippen LogP contribution in [0.25, 0.3) is 38.5 Å². The number of hydrogen-bond donors (Lipinski definition) is 3. The molecule has 0 bridgehead atoms. The number of morpholine rings is 1. The van der Waals surface area contributed by atoms with Gasteiger partial charge in [-0.25, -0.2) is 4.39 Å². The van der Waals surface area contributed by atoms with Gasteiger partial charge in [-0.1, -0.05) is 25.6 Å². The summed E-state index contributed by atoms with van der Waals surface area (Å²) in [7, 11) is 3.99. The van der Waals surface area contributed by atoms with Crippen LogP contribution in [0.1, 0.15) is 43.5 Å². The van der Waals surface area contributed by atoms with Crippen molar-refractivity contribution in [1.82, 2.24) is 30.3 Å². The number of carbonyl (C=O) groups excluding carboxylic acids is 2. The van der Waals surface area contributed by atoms with Crippen molar-refractivity contribution in [3.8, 4) is 17.2 Å². The molecule has 1 atom stereocenters. The number of nitrogens with one attached hydrogen (secondary N) is 3. The van der Waals surface area contributed by atoms with Crippen LogP contribution in [0.3, 0.4) is 0 Å². The van der Waals surface area contributed by atoms with Gasteiger partial charge < -0.3 is 44.2 Å². The molecule has 3 aliphatic rings. The minimum atomic E-state index is -0.637. The fourth-order valence-corrected chi connectivity index (χ4v) is 7.90. The lowest BCUT2D eigenvalue weighted by molar-refractivity contribution is -0.121. The molecule has 5 aromatic rings. The Labute approximate surface area is 325 Å². The fraction of sp³-hybridized carbons (Fsp3) is 0.452. The van der Waals surface area contributed by atoms with E-state index in [-0.39, 0.29) is 41.8 Å². The van der Waals surface area contributed by atoms with Crippen LogP contribution in [0, 0.1) is 5.82 Å². The van der Waals surface area contributed by atoms with Gasteiger partial charge in [0.2, 0.25) is 11.3 Å². The SMILES string of the molecule is C.CN(C)CCCCNC(=O)c1cn2c3c(c(N4CC[C@@H](NC(=O)CCNCCN5CCOCC5)C4)c(F)cc3c1=O)Oc1cc3c(cc1-2)oc1ccccc13. The number of fused-ring (bicyclic) bond motifs is 5. The van der Waals surface area contributed by atoms with Crippen molar-refractivity contribution in [2.45, 2.75) is 39.2 Å². The van der Waals surface area contributed by atoms with Gasteiger partial charge in [0.05, 0.1) is 24.3 Å². The van der Waals surface area contributed by atoms with Crippen molar-refractivity contribution in [3.05, 3.63) is 70.3 Å². The monoisotopic (exact) mass is 769 g/mol. The van der Waals surface area contributed by atoms with E-state index in [0.29, 0.717) is 67.1 Å². The molecule has 8 rings (SSSR count). The van der Waals surface area contributed by atoms with E-state index in [2.05, 4.69) is 25.8 Å². The number of benzene rings is 3. The number of hydrogen-bond acceptors (Lipinski definition) is 10. The maximum atomic E-state index is 16.5. The molecule has 298 valence electrons. The number of aromatic nitrogens is 1. The summed E-state index contributed by atoms with van der Waals surface area (Å²) in [5.74, 6) is -0.593. The smallest absolute Gasteiger partial charge is 0.256 e. The van der Waals surface area contributed by atoms with Crippen LogP contribution < -0.4 is 31.0 Å². The molecule has 0 unspecified atom stereocenters. The average molecular weight is 770 g/mol. The highest BCUT2D eigenvalue weighted by atomic mass is 19.1. The van der Waals surface area contributed by atoms with E-state index in [0.717, 1.165) is 69.6 Å². The third kappa shape index (κ3) is 7.97. The van der Waals surface area contributed by atoms with Gasteiger partial charge in [0.15, 0.2) is 17.3 Å². The zero-order valence-electron chi connectivity index (χ0n) is 31.4. The molecule has 2 amide bonds. The highest BCUT2D eigenvalue weighted by Crippen LogP contribution is 2.49. The molecule has 13 nitrogen and oxygen atoms in total. The standard InChI is InChI=1S/C41H48FN7O6.CH4/c1-46(2)14-6-5-11-44-41(52)30-25-49-32-23-34-28(27-7-3-4-8-33(27)54-34)22-35(32)55-40-37(49)29(39(30)51)21-31(42)38(40)48-15-10-26(24-48)45-36(50)9-12-43-13-16-47-17-19-53-20-18-47;/h3-4,7-8,21-23,25-26,43H,5-6,9-20,24H2,1-2H3,(H,44,52)(H,45,50);1H4/t26-;/m1./s1. The largest absolute Gasteiger partial charge is 0.456 e. The van der Waals surface area contributed by atoms with E-state index in [4.69, 9.17) is 13.9 Å². The zero-order valence-corrected chi connectivity index (χ0v) is 31.4. The van der Waals surface area contributed by atoms with Crippen LogP contribution in [0.2, 0.25) is 0 Å². The van der Waals surface area contributed by atoms with Gasteiger partial charge in [-0.2, -0.15) is 0 Å². The Morgan fingerprint density at radius 1 is 0.964 bits per heavy atom. The molecule has 2 fully saturated rings. The number of rotatable bonds is 14. The van der Waals surface area contributed by atoms with Crippen LogP contribution in [-0.4, -0.2) is 118 Å². The van der Waals surface area contributed by atoms with Crippen molar-refractivity contribution < 1.29 is 27.9 Å². The van der Waals surface area contributed by atoms with Crippen molar-refractivity contribution in [1.29, 1.82) is 0 Å². The van der Waals surface area contributed by atoms with Crippen molar-refractivity contribution >= 4 is 50.3 Å². The first-order chi connectivity index (χ1) is 26.7. The summed E-state index contributed by atoms with van der Waals surface area (Å²) in [5, 5.41) is 11.1. The maximum absolute atomic E-state index is 16.5. The third-order valence-electron chi connectivity index (χ3n) is 10.8. The van der Waals surface area contributed by atoms with E-state index in [1.165, 1.54) is 12.3 Å². The second-order valence-corrected chi connectivity index (χ2v) is 14.9. The van der Waals surface area contributed by atoms with E-state index >= 15 is 4.39 Å². The van der Waals surface area contributed by atoms with E-state index < -0.39 is 17.2 Å². The minimum absolute atomic E-state index is 0. The Bertz CT molecular complexity index is 2300. The first-order valence-corrected chi connectivity index (χ1v) is 19.3. The summed E-state index contributed by atoms with van der Waals surface area (Å²) >= 11 is 0. The van der Waals surface area contributed by atoms with Crippen LogP contribution in [0.4, 0.5) is 10.1 Å². The number of halogens is 1. The molecule has 0 saturated carbocycles. The summed E-state index contributed by atoms with van der Waals surface area (Å²) in [4.78, 5) is 46.7. The van der Waals surface area contributed by atoms with E-state index in [1.54, 1.807) is 4.57 Å². The average Bonchev–Trinajstić information content (AvgIpc) is 3.78. The number of nitrogens with zero attached hydrogens (tertiary/aromatic N) is 4. The van der Waals surface area contributed by atoms with Gasteiger partial charge in [-0.3, -0.25) is 19.3 Å². The molecule has 5 heterocycles. The van der Waals surface area contributed by atoms with Gasteiger partial charge in [0.1, 0.15) is 27.9 Å². The van der Waals surface area contributed by atoms with Gasteiger partial charge in [-0.15, -0.1) is 0 Å². The molecule has 14 heteroatoms. The second kappa shape index (κ2) is 17.0. The van der Waals surface area contributed by atoms with Crippen LogP contribution in [0.15, 0.2) is 57.9 Å². The third-order valence-corrected chi connectivity index (χ3v) is 10.8. The van der Waals surface area contributed by atoms with E-state index in [9.17, 15) is 14.4 Å². The van der Waals surface area contributed by atoms with Gasteiger partial charge in [-0.05, 0) is 58.1 Å². The van der Waals surface area contributed by atoms with Crippen LogP contribution in [0.5, 0.6) is 11.5 Å². The number of carbonyl (C=O) groups is 2. The first-order valence-electron chi connectivity index (χ1n) is 19.3. The van der Waals surface area contributed by atoms with E-state index in [1.807, 2.05) is 55.4 Å². The van der Waals surface area contributed by atoms with Crippen LogP contribution >= 0.6 is 0 Å². The predicted octanol–water partition coefficient (Wildman–Crippen LogP) is 4.85. The van der Waals surface area contributed by atoms with Gasteiger partial charge >= 0.3 is 0 Å². The van der Waals surface area contributed by atoms with Crippen molar-refractivity contribution in [2.75, 3.05) is 91.1 Å². The summed E-state index contributed by atoms with van der Waals surface area (Å²) in [6.07, 6.45) is 4.12. The number of para-hydroxylation sites is 1. The highest BCUT2D eigenvalue weighted by Gasteiger charge is 2.34. The quantitative estimate of drug-likeness (QED) is 0.132. The Balaban J connectivity index is 0.00000480. The topological polar surface area (TPSA) is 134 Å². The van der Waals surface area contributed by atoms with Gasteiger partial charge in [0, 0.05) is 87.9 Å². The number of amides is 2. The summed E-state index contributed by atoms with van der Waals surface area (Å²) in [6.45, 7) is 7.77. The minimum Gasteiger partial charge on any atom is -0.456 e. The molecule has 0 radical (unpaired) electrons. The lowest BCUT2D eigenvalue weighted by Gasteiger charge is -2.29. The van der Waals surface area contributed by atoms with Crippen LogP contribution in [-0.2, 0) is 9.53 Å². The number of pyridine rings is 1. The summed E-state index contributed by atoms with van der Waals surface area (Å²) in [6, 6.07) is 12.4.